The van der Waals surface area contributed by atoms with Crippen LogP contribution >= 0.6 is 0 Å². The third-order valence-electron chi connectivity index (χ3n) is 4.76. The molecule has 1 saturated heterocycles. The summed E-state index contributed by atoms with van der Waals surface area (Å²) in [5.41, 5.74) is 0.334. The number of hydrogen-bond donors (Lipinski definition) is 2. The summed E-state index contributed by atoms with van der Waals surface area (Å²) in [4.78, 5) is 48.9. The molecule has 2 heterocycles. The quantitative estimate of drug-likeness (QED) is 0.717. The number of carbonyl (C=O) groups excluding carboxylic acids is 3. The van der Waals surface area contributed by atoms with E-state index in [1.165, 1.54) is 12.4 Å². The van der Waals surface area contributed by atoms with Crippen LogP contribution in [0.5, 0.6) is 0 Å². The van der Waals surface area contributed by atoms with Gasteiger partial charge < -0.3 is 20.4 Å². The molecule has 9 heteroatoms. The predicted molar refractivity (Wildman–Crippen MR) is 101 cm³/mol. The van der Waals surface area contributed by atoms with Crippen LogP contribution in [0.4, 0.5) is 5.95 Å². The Labute approximate surface area is 159 Å². The Hall–Kier alpha value is -2.71. The molecular weight excluding hydrogens is 348 g/mol. The average molecular weight is 376 g/mol. The van der Waals surface area contributed by atoms with Gasteiger partial charge in [-0.2, -0.15) is 0 Å². The van der Waals surface area contributed by atoms with Crippen LogP contribution in [0.1, 0.15) is 44.0 Å². The second-order valence-corrected chi connectivity index (χ2v) is 6.38. The van der Waals surface area contributed by atoms with Crippen LogP contribution in [0.15, 0.2) is 12.4 Å². The van der Waals surface area contributed by atoms with Crippen molar-refractivity contribution in [3.8, 4) is 0 Å². The van der Waals surface area contributed by atoms with Gasteiger partial charge in [-0.3, -0.25) is 14.4 Å². The molecule has 0 aromatic carbocycles. The summed E-state index contributed by atoms with van der Waals surface area (Å²) in [5.74, 6) is -0.0428. The lowest BCUT2D eigenvalue weighted by molar-refractivity contribution is -0.143. The topological polar surface area (TPSA) is 108 Å². The molecule has 3 amide bonds. The number of amides is 3. The highest BCUT2D eigenvalue weighted by Gasteiger charge is 2.40. The van der Waals surface area contributed by atoms with Crippen LogP contribution in [-0.4, -0.2) is 76.3 Å². The van der Waals surface area contributed by atoms with Crippen molar-refractivity contribution >= 4 is 23.7 Å². The number of carbonyl (C=O) groups is 3. The summed E-state index contributed by atoms with van der Waals surface area (Å²) < 4.78 is 0. The zero-order valence-electron chi connectivity index (χ0n) is 16.4. The molecule has 0 aliphatic carbocycles. The largest absolute Gasteiger partial charge is 0.357 e. The van der Waals surface area contributed by atoms with Gasteiger partial charge in [-0.25, -0.2) is 9.97 Å². The van der Waals surface area contributed by atoms with Gasteiger partial charge in [-0.15, -0.1) is 0 Å². The first-order chi connectivity index (χ1) is 12.9. The number of nitrogens with one attached hydrogen (secondary N) is 2. The minimum Gasteiger partial charge on any atom is -0.357 e. The maximum atomic E-state index is 12.8. The highest BCUT2D eigenvalue weighted by molar-refractivity contribution is 5.94. The first kappa shape index (κ1) is 20.6. The van der Waals surface area contributed by atoms with E-state index in [4.69, 9.17) is 0 Å². The molecule has 1 aromatic rings. The Morgan fingerprint density at radius 2 is 1.81 bits per heavy atom. The third-order valence-corrected chi connectivity index (χ3v) is 4.76. The van der Waals surface area contributed by atoms with E-state index in [1.807, 2.05) is 13.8 Å². The molecule has 1 fully saturated rings. The zero-order valence-corrected chi connectivity index (χ0v) is 16.4. The third kappa shape index (κ3) is 4.72. The molecule has 1 aliphatic rings. The molecule has 0 saturated carbocycles. The average Bonchev–Trinajstić information content (AvgIpc) is 3.12. The smallest absolute Gasteiger partial charge is 0.254 e. The van der Waals surface area contributed by atoms with E-state index in [1.54, 1.807) is 23.8 Å². The molecule has 9 nitrogen and oxygen atoms in total. The molecule has 2 N–H and O–H groups in total. The number of rotatable bonds is 7. The van der Waals surface area contributed by atoms with Gasteiger partial charge in [-0.05, 0) is 20.3 Å². The standard InChI is InChI=1S/C18H28N6O3/c1-5-15(25)24-11-13(8-14(24)17(27)23(6-2)7-3)22-16(26)12-9-20-18(19-4)21-10-12/h9-10,13-14H,5-8,11H2,1-4H3,(H,22,26)(H,19,20,21)/t13-,14+/m1/s1. The Balaban J connectivity index is 2.10. The lowest BCUT2D eigenvalue weighted by Gasteiger charge is -2.28. The summed E-state index contributed by atoms with van der Waals surface area (Å²) in [5, 5.41) is 5.69. The van der Waals surface area contributed by atoms with Crippen molar-refractivity contribution in [2.45, 2.75) is 45.7 Å². The van der Waals surface area contributed by atoms with Crippen LogP contribution in [0.2, 0.25) is 0 Å². The second-order valence-electron chi connectivity index (χ2n) is 6.38. The molecule has 0 bridgehead atoms. The SMILES string of the molecule is CCC(=O)N1C[C@H](NC(=O)c2cnc(NC)nc2)C[C@H]1C(=O)N(CC)CC. The van der Waals surface area contributed by atoms with Crippen molar-refractivity contribution in [1.82, 2.24) is 25.1 Å². The summed E-state index contributed by atoms with van der Waals surface area (Å²) in [6, 6.07) is -0.827. The fourth-order valence-electron chi connectivity index (χ4n) is 3.24. The van der Waals surface area contributed by atoms with E-state index in [0.29, 0.717) is 44.0 Å². The van der Waals surface area contributed by atoms with Gasteiger partial charge in [0.05, 0.1) is 5.56 Å². The van der Waals surface area contributed by atoms with Crippen molar-refractivity contribution < 1.29 is 14.4 Å². The molecule has 2 rings (SSSR count). The number of anilines is 1. The van der Waals surface area contributed by atoms with Gasteiger partial charge in [0.25, 0.3) is 5.91 Å². The molecule has 148 valence electrons. The number of likely N-dealkylation sites (tertiary alicyclic amines) is 1. The Morgan fingerprint density at radius 1 is 1.19 bits per heavy atom. The van der Waals surface area contributed by atoms with Gasteiger partial charge in [0.15, 0.2) is 0 Å². The normalized spacial score (nSPS) is 18.9. The van der Waals surface area contributed by atoms with E-state index in [2.05, 4.69) is 20.6 Å². The maximum Gasteiger partial charge on any atom is 0.254 e. The van der Waals surface area contributed by atoms with E-state index in [-0.39, 0.29) is 23.8 Å². The minimum absolute atomic E-state index is 0.0692. The maximum absolute atomic E-state index is 12.8. The van der Waals surface area contributed by atoms with Crippen LogP contribution in [0.25, 0.3) is 0 Å². The Morgan fingerprint density at radius 3 is 2.33 bits per heavy atom. The fraction of sp³-hybridized carbons (Fsp3) is 0.611. The molecule has 0 spiro atoms. The van der Waals surface area contributed by atoms with Crippen LogP contribution < -0.4 is 10.6 Å². The van der Waals surface area contributed by atoms with Gasteiger partial charge in [0, 0.05) is 51.5 Å². The van der Waals surface area contributed by atoms with Crippen LogP contribution in [0, 0.1) is 0 Å². The Kier molecular flexibility index (Phi) is 7.09. The van der Waals surface area contributed by atoms with Gasteiger partial charge in [-0.1, -0.05) is 6.92 Å². The summed E-state index contributed by atoms with van der Waals surface area (Å²) in [6.45, 7) is 7.10. The minimum atomic E-state index is -0.537. The highest BCUT2D eigenvalue weighted by Crippen LogP contribution is 2.21. The first-order valence-electron chi connectivity index (χ1n) is 9.33. The summed E-state index contributed by atoms with van der Waals surface area (Å²) in [6.07, 6.45) is 3.61. The van der Waals surface area contributed by atoms with E-state index < -0.39 is 6.04 Å². The molecular formula is C18H28N6O3. The van der Waals surface area contributed by atoms with E-state index >= 15 is 0 Å². The van der Waals surface area contributed by atoms with E-state index in [9.17, 15) is 14.4 Å². The monoisotopic (exact) mass is 376 g/mol. The first-order valence-corrected chi connectivity index (χ1v) is 9.33. The second kappa shape index (κ2) is 9.29. The molecule has 0 radical (unpaired) electrons. The van der Waals surface area contributed by atoms with Gasteiger partial charge in [0.2, 0.25) is 17.8 Å². The lowest BCUT2D eigenvalue weighted by atomic mass is 10.1. The number of likely N-dealkylation sites (N-methyl/N-ethyl adjacent to an activating group) is 1. The highest BCUT2D eigenvalue weighted by atomic mass is 16.2. The van der Waals surface area contributed by atoms with Crippen molar-refractivity contribution in [2.24, 2.45) is 0 Å². The lowest BCUT2D eigenvalue weighted by Crippen LogP contribution is -2.47. The predicted octanol–water partition coefficient (Wildman–Crippen LogP) is 0.496. The molecule has 2 atom stereocenters. The number of nitrogens with zero attached hydrogens (tertiary/aromatic N) is 4. The van der Waals surface area contributed by atoms with Crippen molar-refractivity contribution in [1.29, 1.82) is 0 Å². The van der Waals surface area contributed by atoms with Crippen molar-refractivity contribution in [2.75, 3.05) is 32.0 Å². The fourth-order valence-corrected chi connectivity index (χ4v) is 3.24. The van der Waals surface area contributed by atoms with Crippen LogP contribution in [0.3, 0.4) is 0 Å². The summed E-state index contributed by atoms with van der Waals surface area (Å²) in [7, 11) is 1.69. The van der Waals surface area contributed by atoms with Crippen molar-refractivity contribution in [3.63, 3.8) is 0 Å². The van der Waals surface area contributed by atoms with Crippen molar-refractivity contribution in [3.05, 3.63) is 18.0 Å². The van der Waals surface area contributed by atoms with E-state index in [0.717, 1.165) is 0 Å². The molecule has 27 heavy (non-hydrogen) atoms. The number of aromatic nitrogens is 2. The number of hydrogen-bond acceptors (Lipinski definition) is 6. The zero-order chi connectivity index (χ0) is 20.0. The van der Waals surface area contributed by atoms with Crippen LogP contribution in [-0.2, 0) is 9.59 Å². The summed E-state index contributed by atoms with van der Waals surface area (Å²) >= 11 is 0. The van der Waals surface area contributed by atoms with Gasteiger partial charge in [0.1, 0.15) is 6.04 Å². The molecule has 1 aliphatic heterocycles. The Bertz CT molecular complexity index is 674. The molecule has 0 unspecified atom stereocenters. The van der Waals surface area contributed by atoms with Gasteiger partial charge >= 0.3 is 0 Å². The molecule has 1 aromatic heterocycles.